The minimum absolute atomic E-state index is 0.0619. The summed E-state index contributed by atoms with van der Waals surface area (Å²) in [6, 6.07) is 4.36. The maximum atomic E-state index is 13.6. The number of hydrogen-bond acceptors (Lipinski definition) is 2. The smallest absolute Gasteiger partial charge is 0.181 e. The molecule has 6 heteroatoms. The van der Waals surface area contributed by atoms with Gasteiger partial charge in [0.15, 0.2) is 11.0 Å². The molecular formula is C12H8Cl2F2N2. The molecule has 1 aromatic carbocycles. The first kappa shape index (κ1) is 13.2. The molecule has 0 spiro atoms. The Morgan fingerprint density at radius 1 is 1.17 bits per heavy atom. The number of rotatable bonds is 2. The molecule has 0 aliphatic carbocycles. The number of hydrogen-bond donors (Lipinski definition) is 0. The van der Waals surface area contributed by atoms with Gasteiger partial charge in [-0.3, -0.25) is 0 Å². The lowest BCUT2D eigenvalue weighted by Crippen LogP contribution is -2.03. The molecule has 2 rings (SSSR count). The molecule has 2 nitrogen and oxygen atoms in total. The Balaban J connectivity index is 2.41. The first-order valence-corrected chi connectivity index (χ1v) is 5.86. The van der Waals surface area contributed by atoms with E-state index in [0.29, 0.717) is 0 Å². The van der Waals surface area contributed by atoms with Gasteiger partial charge in [-0.25, -0.2) is 18.7 Å². The van der Waals surface area contributed by atoms with Crippen molar-refractivity contribution in [2.45, 2.75) is 13.3 Å². The average Bonchev–Trinajstić information content (AvgIpc) is 2.31. The molecule has 18 heavy (non-hydrogen) atoms. The monoisotopic (exact) mass is 288 g/mol. The second kappa shape index (κ2) is 5.16. The van der Waals surface area contributed by atoms with E-state index in [-0.39, 0.29) is 33.7 Å². The predicted molar refractivity (Wildman–Crippen MR) is 66.0 cm³/mol. The van der Waals surface area contributed by atoms with Crippen LogP contribution in [0.1, 0.15) is 17.1 Å². The molecule has 0 unspecified atom stereocenters. The van der Waals surface area contributed by atoms with Crippen LogP contribution in [0.2, 0.25) is 10.2 Å². The minimum atomic E-state index is -0.667. The van der Waals surface area contributed by atoms with Crippen LogP contribution in [-0.2, 0) is 6.42 Å². The van der Waals surface area contributed by atoms with E-state index < -0.39 is 11.6 Å². The summed E-state index contributed by atoms with van der Waals surface area (Å²) in [6.45, 7) is 1.47. The van der Waals surface area contributed by atoms with E-state index in [1.54, 1.807) is 6.07 Å². The van der Waals surface area contributed by atoms with Crippen molar-refractivity contribution in [1.29, 1.82) is 0 Å². The van der Waals surface area contributed by atoms with Crippen molar-refractivity contribution in [3.63, 3.8) is 0 Å². The molecule has 0 saturated carbocycles. The van der Waals surface area contributed by atoms with Crippen LogP contribution in [0.5, 0.6) is 0 Å². The summed E-state index contributed by atoms with van der Waals surface area (Å²) in [4.78, 5) is 7.68. The van der Waals surface area contributed by atoms with E-state index >= 15 is 0 Å². The van der Waals surface area contributed by atoms with Crippen molar-refractivity contribution in [3.8, 4) is 0 Å². The van der Waals surface area contributed by atoms with Crippen LogP contribution in [0.25, 0.3) is 0 Å². The summed E-state index contributed by atoms with van der Waals surface area (Å²) < 4.78 is 26.8. The predicted octanol–water partition coefficient (Wildman–Crippen LogP) is 3.96. The molecule has 0 radical (unpaired) electrons. The number of aromatic nitrogens is 2. The maximum absolute atomic E-state index is 13.6. The molecule has 0 saturated heterocycles. The third-order valence-corrected chi connectivity index (χ3v) is 3.02. The van der Waals surface area contributed by atoms with Gasteiger partial charge < -0.3 is 0 Å². The lowest BCUT2D eigenvalue weighted by atomic mass is 10.1. The Hall–Kier alpha value is -1.26. The first-order valence-electron chi connectivity index (χ1n) is 5.10. The summed E-state index contributed by atoms with van der Waals surface area (Å²) >= 11 is 11.5. The molecule has 0 aliphatic heterocycles. The standard InChI is InChI=1S/C12H8Cl2F2N2/c1-6-11(16)12(14)18-10(17-6)5-7-8(13)3-2-4-9(7)15/h2-4H,5H2,1H3. The largest absolute Gasteiger partial charge is 0.235 e. The van der Waals surface area contributed by atoms with Gasteiger partial charge in [0.2, 0.25) is 0 Å². The summed E-state index contributed by atoms with van der Waals surface area (Å²) in [5.74, 6) is -0.893. The molecule has 94 valence electrons. The Bertz CT molecular complexity index is 559. The Kier molecular flexibility index (Phi) is 3.78. The van der Waals surface area contributed by atoms with Crippen LogP contribution in [0.4, 0.5) is 8.78 Å². The van der Waals surface area contributed by atoms with Crippen molar-refractivity contribution in [2.75, 3.05) is 0 Å². The van der Waals surface area contributed by atoms with E-state index in [4.69, 9.17) is 23.2 Å². The van der Waals surface area contributed by atoms with Crippen molar-refractivity contribution >= 4 is 23.2 Å². The second-order valence-corrected chi connectivity index (χ2v) is 4.47. The van der Waals surface area contributed by atoms with Crippen molar-refractivity contribution in [2.24, 2.45) is 0 Å². The summed E-state index contributed by atoms with van der Waals surface area (Å²) in [7, 11) is 0. The van der Waals surface area contributed by atoms with Gasteiger partial charge in [0.05, 0.1) is 5.69 Å². The third kappa shape index (κ3) is 2.60. The van der Waals surface area contributed by atoms with Gasteiger partial charge in [-0.2, -0.15) is 0 Å². The zero-order chi connectivity index (χ0) is 13.3. The highest BCUT2D eigenvalue weighted by Crippen LogP contribution is 2.22. The number of halogens is 4. The minimum Gasteiger partial charge on any atom is -0.235 e. The molecule has 0 aliphatic rings. The molecule has 0 bridgehead atoms. The number of benzene rings is 1. The fourth-order valence-electron chi connectivity index (χ4n) is 1.52. The SMILES string of the molecule is Cc1nc(Cc2c(F)cccc2Cl)nc(Cl)c1F. The number of aryl methyl sites for hydroxylation is 1. The lowest BCUT2D eigenvalue weighted by Gasteiger charge is -2.06. The fraction of sp³-hybridized carbons (Fsp3) is 0.167. The van der Waals surface area contributed by atoms with Gasteiger partial charge >= 0.3 is 0 Å². The van der Waals surface area contributed by atoms with E-state index in [0.717, 1.165) is 0 Å². The molecule has 0 fully saturated rings. The highest BCUT2D eigenvalue weighted by Gasteiger charge is 2.13. The first-order chi connectivity index (χ1) is 8.49. The molecule has 1 heterocycles. The van der Waals surface area contributed by atoms with Crippen LogP contribution in [0, 0.1) is 18.6 Å². The Labute approximate surface area is 113 Å². The van der Waals surface area contributed by atoms with E-state index in [2.05, 4.69) is 9.97 Å². The van der Waals surface area contributed by atoms with Gasteiger partial charge in [0.25, 0.3) is 0 Å². The molecule has 0 amide bonds. The molecule has 0 atom stereocenters. The van der Waals surface area contributed by atoms with Crippen LogP contribution < -0.4 is 0 Å². The second-order valence-electron chi connectivity index (χ2n) is 3.71. The van der Waals surface area contributed by atoms with Gasteiger partial charge in [-0.1, -0.05) is 29.3 Å². The van der Waals surface area contributed by atoms with E-state index in [1.807, 2.05) is 0 Å². The van der Waals surface area contributed by atoms with Crippen molar-refractivity contribution in [3.05, 3.63) is 57.1 Å². The van der Waals surface area contributed by atoms with Gasteiger partial charge in [0, 0.05) is 17.0 Å². The van der Waals surface area contributed by atoms with E-state index in [1.165, 1.54) is 19.1 Å². The molecule has 0 N–H and O–H groups in total. The zero-order valence-corrected chi connectivity index (χ0v) is 10.9. The highest BCUT2D eigenvalue weighted by molar-refractivity contribution is 6.31. The van der Waals surface area contributed by atoms with Crippen molar-refractivity contribution < 1.29 is 8.78 Å². The maximum Gasteiger partial charge on any atom is 0.181 e. The summed E-state index contributed by atoms with van der Waals surface area (Å²) in [5.41, 5.74) is 0.388. The van der Waals surface area contributed by atoms with Gasteiger partial charge in [0.1, 0.15) is 11.6 Å². The summed E-state index contributed by atoms with van der Waals surface area (Å²) in [6.07, 6.45) is 0.0619. The number of nitrogens with zero attached hydrogens (tertiary/aromatic N) is 2. The Morgan fingerprint density at radius 3 is 2.50 bits per heavy atom. The van der Waals surface area contributed by atoms with Crippen LogP contribution >= 0.6 is 23.2 Å². The zero-order valence-electron chi connectivity index (χ0n) is 9.35. The quantitative estimate of drug-likeness (QED) is 0.782. The highest BCUT2D eigenvalue weighted by atomic mass is 35.5. The average molecular weight is 289 g/mol. The molecule has 2 aromatic rings. The van der Waals surface area contributed by atoms with Crippen LogP contribution in [-0.4, -0.2) is 9.97 Å². The van der Waals surface area contributed by atoms with Crippen LogP contribution in [0.3, 0.4) is 0 Å². The lowest BCUT2D eigenvalue weighted by molar-refractivity contribution is 0.593. The third-order valence-electron chi connectivity index (χ3n) is 2.42. The van der Waals surface area contributed by atoms with Crippen molar-refractivity contribution in [1.82, 2.24) is 9.97 Å². The topological polar surface area (TPSA) is 25.8 Å². The van der Waals surface area contributed by atoms with E-state index in [9.17, 15) is 8.78 Å². The molecular weight excluding hydrogens is 281 g/mol. The normalized spacial score (nSPS) is 10.7. The fourth-order valence-corrected chi connectivity index (χ4v) is 1.98. The summed E-state index contributed by atoms with van der Waals surface area (Å²) in [5, 5.41) is 0.00154. The van der Waals surface area contributed by atoms with Gasteiger partial charge in [-0.05, 0) is 19.1 Å². The Morgan fingerprint density at radius 2 is 1.89 bits per heavy atom. The van der Waals surface area contributed by atoms with Crippen LogP contribution in [0.15, 0.2) is 18.2 Å². The van der Waals surface area contributed by atoms with Gasteiger partial charge in [-0.15, -0.1) is 0 Å². The molecule has 1 aromatic heterocycles.